The summed E-state index contributed by atoms with van der Waals surface area (Å²) in [6, 6.07) is 9.02. The van der Waals surface area contributed by atoms with E-state index in [1.807, 2.05) is 19.9 Å². The van der Waals surface area contributed by atoms with Crippen LogP contribution in [0.3, 0.4) is 0 Å². The number of nitrogens with one attached hydrogen (secondary N) is 1. The maximum absolute atomic E-state index is 12.1. The molecule has 0 heterocycles. The van der Waals surface area contributed by atoms with E-state index in [0.29, 0.717) is 18.7 Å². The van der Waals surface area contributed by atoms with Gasteiger partial charge in [-0.25, -0.2) is 4.79 Å². The van der Waals surface area contributed by atoms with Gasteiger partial charge in [0.05, 0.1) is 19.6 Å². The molecule has 1 aromatic rings. The van der Waals surface area contributed by atoms with Gasteiger partial charge in [0.25, 0.3) is 0 Å². The summed E-state index contributed by atoms with van der Waals surface area (Å²) in [4.78, 5) is 13.7. The van der Waals surface area contributed by atoms with Gasteiger partial charge in [-0.05, 0) is 38.1 Å². The lowest BCUT2D eigenvalue weighted by Gasteiger charge is -2.26. The number of methoxy groups -OCH3 is 1. The van der Waals surface area contributed by atoms with E-state index in [9.17, 15) is 4.79 Å². The third-order valence-electron chi connectivity index (χ3n) is 2.69. The number of hydrogen-bond acceptors (Lipinski definition) is 3. The molecule has 2 amide bonds. The van der Waals surface area contributed by atoms with Crippen LogP contribution in [0, 0.1) is 11.3 Å². The standard InChI is InChI=1S/C14H19N3O2/c1-11(2)17(10-4-9-15)14(18)16-12-5-7-13(19-3)8-6-12/h5-8,11H,4,10H2,1-3H3,(H,16,18). The summed E-state index contributed by atoms with van der Waals surface area (Å²) in [6.07, 6.45) is 0.328. The highest BCUT2D eigenvalue weighted by atomic mass is 16.5. The van der Waals surface area contributed by atoms with Gasteiger partial charge in [0.2, 0.25) is 0 Å². The number of benzene rings is 1. The number of ether oxygens (including phenoxy) is 1. The zero-order valence-corrected chi connectivity index (χ0v) is 11.5. The molecule has 0 bridgehead atoms. The van der Waals surface area contributed by atoms with Gasteiger partial charge in [0.1, 0.15) is 5.75 Å². The Kier molecular flexibility index (Phi) is 5.68. The van der Waals surface area contributed by atoms with Crippen LogP contribution >= 0.6 is 0 Å². The van der Waals surface area contributed by atoms with Gasteiger partial charge in [-0.1, -0.05) is 0 Å². The van der Waals surface area contributed by atoms with E-state index < -0.39 is 0 Å². The Hall–Kier alpha value is -2.22. The number of anilines is 1. The van der Waals surface area contributed by atoms with Crippen molar-refractivity contribution in [3.63, 3.8) is 0 Å². The molecule has 1 aromatic carbocycles. The van der Waals surface area contributed by atoms with Crippen LogP contribution in [0.2, 0.25) is 0 Å². The van der Waals surface area contributed by atoms with E-state index in [4.69, 9.17) is 10.00 Å². The summed E-state index contributed by atoms with van der Waals surface area (Å²) in [7, 11) is 1.59. The van der Waals surface area contributed by atoms with Gasteiger partial charge in [0, 0.05) is 18.3 Å². The second-order valence-electron chi connectivity index (χ2n) is 4.35. The molecule has 1 N–H and O–H groups in total. The van der Waals surface area contributed by atoms with Gasteiger partial charge in [-0.3, -0.25) is 0 Å². The van der Waals surface area contributed by atoms with Gasteiger partial charge in [-0.15, -0.1) is 0 Å². The molecule has 1 rings (SSSR count). The quantitative estimate of drug-likeness (QED) is 0.886. The fraction of sp³-hybridized carbons (Fsp3) is 0.429. The summed E-state index contributed by atoms with van der Waals surface area (Å²) >= 11 is 0. The second-order valence-corrected chi connectivity index (χ2v) is 4.35. The molecule has 0 unspecified atom stereocenters. The van der Waals surface area contributed by atoms with Crippen molar-refractivity contribution in [2.24, 2.45) is 0 Å². The molecule has 102 valence electrons. The number of carbonyl (C=O) groups excluding carboxylic acids is 1. The van der Waals surface area contributed by atoms with Gasteiger partial charge < -0.3 is 15.0 Å². The fourth-order valence-electron chi connectivity index (χ4n) is 1.63. The summed E-state index contributed by atoms with van der Waals surface area (Å²) in [5, 5.41) is 11.4. The average Bonchev–Trinajstić information content (AvgIpc) is 2.39. The van der Waals surface area contributed by atoms with Crippen molar-refractivity contribution in [1.82, 2.24) is 4.90 Å². The number of nitrogens with zero attached hydrogens (tertiary/aromatic N) is 2. The first-order chi connectivity index (χ1) is 9.08. The third kappa shape index (κ3) is 4.51. The summed E-state index contributed by atoms with van der Waals surface area (Å²) < 4.78 is 5.05. The Bertz CT molecular complexity index is 449. The Morgan fingerprint density at radius 3 is 2.53 bits per heavy atom. The number of hydrogen-bond donors (Lipinski definition) is 1. The second kappa shape index (κ2) is 7.27. The molecule has 5 nitrogen and oxygen atoms in total. The van der Waals surface area contributed by atoms with Crippen LogP contribution < -0.4 is 10.1 Å². The van der Waals surface area contributed by atoms with Gasteiger partial charge in [0.15, 0.2) is 0 Å². The molecule has 0 aliphatic heterocycles. The molecule has 0 aliphatic carbocycles. The molecule has 0 aliphatic rings. The first-order valence-electron chi connectivity index (χ1n) is 6.17. The maximum Gasteiger partial charge on any atom is 0.322 e. The molecule has 0 fully saturated rings. The first-order valence-corrected chi connectivity index (χ1v) is 6.17. The summed E-state index contributed by atoms with van der Waals surface area (Å²) in [5.41, 5.74) is 0.702. The predicted molar refractivity (Wildman–Crippen MR) is 74.1 cm³/mol. The molecule has 0 atom stereocenters. The molecule has 0 aromatic heterocycles. The van der Waals surface area contributed by atoms with Gasteiger partial charge in [-0.2, -0.15) is 5.26 Å². The van der Waals surface area contributed by atoms with Gasteiger partial charge >= 0.3 is 6.03 Å². The molecule has 0 radical (unpaired) electrons. The van der Waals surface area contributed by atoms with Crippen molar-refractivity contribution in [3.05, 3.63) is 24.3 Å². The van der Waals surface area contributed by atoms with E-state index in [-0.39, 0.29) is 12.1 Å². The van der Waals surface area contributed by atoms with Crippen LogP contribution in [0.4, 0.5) is 10.5 Å². The van der Waals surface area contributed by atoms with Crippen LogP contribution in [0.25, 0.3) is 0 Å². The number of rotatable bonds is 5. The number of urea groups is 1. The Morgan fingerprint density at radius 1 is 1.42 bits per heavy atom. The van der Waals surface area contributed by atoms with Crippen LogP contribution in [0.5, 0.6) is 5.75 Å². The average molecular weight is 261 g/mol. The molecule has 0 saturated heterocycles. The number of nitriles is 1. The highest BCUT2D eigenvalue weighted by Gasteiger charge is 2.16. The van der Waals surface area contributed by atoms with E-state index in [1.165, 1.54) is 0 Å². The van der Waals surface area contributed by atoms with Crippen molar-refractivity contribution < 1.29 is 9.53 Å². The highest BCUT2D eigenvalue weighted by Crippen LogP contribution is 2.15. The van der Waals surface area contributed by atoms with E-state index in [2.05, 4.69) is 5.32 Å². The van der Waals surface area contributed by atoms with E-state index >= 15 is 0 Å². The van der Waals surface area contributed by atoms with Crippen molar-refractivity contribution in [2.45, 2.75) is 26.3 Å². The van der Waals surface area contributed by atoms with Crippen molar-refractivity contribution in [1.29, 1.82) is 5.26 Å². The smallest absolute Gasteiger partial charge is 0.322 e. The predicted octanol–water partition coefficient (Wildman–Crippen LogP) is 2.85. The normalized spacial score (nSPS) is 9.84. The van der Waals surface area contributed by atoms with Crippen LogP contribution in [0.1, 0.15) is 20.3 Å². The maximum atomic E-state index is 12.1. The summed E-state index contributed by atoms with van der Waals surface area (Å²) in [5.74, 6) is 0.739. The Morgan fingerprint density at radius 2 is 2.05 bits per heavy atom. The SMILES string of the molecule is COc1ccc(NC(=O)N(CCC#N)C(C)C)cc1. The van der Waals surface area contributed by atoms with Crippen molar-refractivity contribution in [3.8, 4) is 11.8 Å². The molecule has 0 saturated carbocycles. The van der Waals surface area contributed by atoms with Crippen molar-refractivity contribution in [2.75, 3.05) is 19.0 Å². The number of carbonyl (C=O) groups is 1. The minimum Gasteiger partial charge on any atom is -0.497 e. The Balaban J connectivity index is 2.67. The molecule has 19 heavy (non-hydrogen) atoms. The zero-order chi connectivity index (χ0) is 14.3. The number of amides is 2. The lowest BCUT2D eigenvalue weighted by molar-refractivity contribution is 0.198. The minimum absolute atomic E-state index is 0.0478. The summed E-state index contributed by atoms with van der Waals surface area (Å²) in [6.45, 7) is 4.27. The van der Waals surface area contributed by atoms with Crippen LogP contribution in [-0.4, -0.2) is 30.6 Å². The zero-order valence-electron chi connectivity index (χ0n) is 11.5. The Labute approximate surface area is 113 Å². The fourth-order valence-corrected chi connectivity index (χ4v) is 1.63. The molecule has 5 heteroatoms. The molecule has 0 spiro atoms. The lowest BCUT2D eigenvalue weighted by atomic mass is 10.3. The first kappa shape index (κ1) is 14.8. The van der Waals surface area contributed by atoms with Crippen LogP contribution in [-0.2, 0) is 0 Å². The van der Waals surface area contributed by atoms with E-state index in [1.54, 1.807) is 36.3 Å². The van der Waals surface area contributed by atoms with E-state index in [0.717, 1.165) is 5.75 Å². The monoisotopic (exact) mass is 261 g/mol. The lowest BCUT2D eigenvalue weighted by Crippen LogP contribution is -2.40. The largest absolute Gasteiger partial charge is 0.497 e. The van der Waals surface area contributed by atoms with Crippen molar-refractivity contribution >= 4 is 11.7 Å². The highest BCUT2D eigenvalue weighted by molar-refractivity contribution is 5.89. The third-order valence-corrected chi connectivity index (χ3v) is 2.69. The minimum atomic E-state index is -0.199. The topological polar surface area (TPSA) is 65.4 Å². The molecular formula is C14H19N3O2. The van der Waals surface area contributed by atoms with Crippen LogP contribution in [0.15, 0.2) is 24.3 Å². The molecular weight excluding hydrogens is 242 g/mol.